The Balaban J connectivity index is 1.58. The van der Waals surface area contributed by atoms with Gasteiger partial charge in [0.15, 0.2) is 0 Å². The van der Waals surface area contributed by atoms with Crippen molar-refractivity contribution in [2.45, 2.75) is 89.9 Å². The van der Waals surface area contributed by atoms with Crippen LogP contribution in [0.5, 0.6) is 0 Å². The maximum absolute atomic E-state index is 14.1. The van der Waals surface area contributed by atoms with Gasteiger partial charge in [-0.2, -0.15) is 0 Å². The molecule has 1 saturated heterocycles. The molecule has 43 heavy (non-hydrogen) atoms. The van der Waals surface area contributed by atoms with Crippen LogP contribution < -0.4 is 15.4 Å². The number of carbonyl (C=O) groups excluding carboxylic acids is 4. The highest BCUT2D eigenvalue weighted by atomic mass is 32.2. The number of amides is 4. The average Bonchev–Trinajstić information content (AvgIpc) is 3.63. The Hall–Kier alpha value is -3.41. The summed E-state index contributed by atoms with van der Waals surface area (Å²) in [6.07, 6.45) is 0.937. The lowest BCUT2D eigenvalue weighted by atomic mass is 9.85. The van der Waals surface area contributed by atoms with Crippen LogP contribution in [-0.4, -0.2) is 66.9 Å². The van der Waals surface area contributed by atoms with E-state index in [0.29, 0.717) is 6.54 Å². The van der Waals surface area contributed by atoms with E-state index in [4.69, 9.17) is 4.74 Å². The quantitative estimate of drug-likeness (QED) is 0.380. The van der Waals surface area contributed by atoms with Crippen molar-refractivity contribution in [3.63, 3.8) is 0 Å². The molecule has 0 bridgehead atoms. The van der Waals surface area contributed by atoms with Crippen molar-refractivity contribution in [2.24, 2.45) is 28.6 Å². The molecule has 2 unspecified atom stereocenters. The van der Waals surface area contributed by atoms with E-state index in [-0.39, 0.29) is 28.6 Å². The van der Waals surface area contributed by atoms with Gasteiger partial charge in [-0.25, -0.2) is 17.9 Å². The Morgan fingerprint density at radius 1 is 1.07 bits per heavy atom. The van der Waals surface area contributed by atoms with Gasteiger partial charge in [-0.3, -0.25) is 14.4 Å². The Morgan fingerprint density at radius 2 is 1.67 bits per heavy atom. The van der Waals surface area contributed by atoms with E-state index in [9.17, 15) is 27.6 Å². The van der Waals surface area contributed by atoms with Crippen LogP contribution >= 0.6 is 0 Å². The molecular weight excluding hydrogens is 572 g/mol. The predicted octanol–water partition coefficient (Wildman–Crippen LogP) is 2.97. The second kappa shape index (κ2) is 10.6. The Labute approximate surface area is 254 Å². The number of nitrogens with one attached hydrogen (secondary N) is 3. The first kappa shape index (κ1) is 32.5. The number of likely N-dealkylation sites (tertiary alicyclic amines) is 1. The summed E-state index contributed by atoms with van der Waals surface area (Å²) in [5, 5.41) is 5.53. The van der Waals surface area contributed by atoms with E-state index in [1.165, 1.54) is 23.1 Å². The van der Waals surface area contributed by atoms with E-state index in [1.807, 2.05) is 34.6 Å². The normalized spacial score (nSPS) is 28.1. The van der Waals surface area contributed by atoms with Gasteiger partial charge in [-0.05, 0) is 62.0 Å². The summed E-state index contributed by atoms with van der Waals surface area (Å²) in [6, 6.07) is 5.57. The smallest absolute Gasteiger partial charge is 0.408 e. The van der Waals surface area contributed by atoms with Gasteiger partial charge in [-0.1, -0.05) is 58.9 Å². The van der Waals surface area contributed by atoms with Crippen LogP contribution in [0.3, 0.4) is 0 Å². The molecule has 4 amide bonds. The number of hydrogen-bond donors (Lipinski definition) is 3. The second-order valence-electron chi connectivity index (χ2n) is 14.6. The monoisotopic (exact) mass is 616 g/mol. The minimum absolute atomic E-state index is 0.0481. The van der Waals surface area contributed by atoms with Gasteiger partial charge in [0.25, 0.3) is 15.9 Å². The number of sulfonamides is 1. The lowest BCUT2D eigenvalue weighted by molar-refractivity contribution is -0.144. The SMILES string of the molecule is C=CC1C[C@]1(NC(=O)[C@@H]1[C@@H]2C(CN1C(=O)[C@@H](NC(=O)OC(C)(C)C)C(C)(C)C)C2(C)C)C(=O)NS(=O)(=O)c1ccccc1. The number of nitrogens with zero attached hydrogens (tertiary/aromatic N) is 1. The molecule has 0 aromatic heterocycles. The third-order valence-corrected chi connectivity index (χ3v) is 10.2. The number of carbonyl (C=O) groups is 4. The molecule has 2 aliphatic carbocycles. The van der Waals surface area contributed by atoms with Crippen molar-refractivity contribution >= 4 is 33.8 Å². The molecule has 1 aromatic carbocycles. The van der Waals surface area contributed by atoms with Crippen molar-refractivity contribution in [2.75, 3.05) is 6.54 Å². The number of piperidine rings is 1. The highest BCUT2D eigenvalue weighted by Crippen LogP contribution is 2.65. The van der Waals surface area contributed by atoms with Gasteiger partial charge < -0.3 is 20.3 Å². The third-order valence-electron chi connectivity index (χ3n) is 8.87. The topological polar surface area (TPSA) is 151 Å². The molecule has 2 saturated carbocycles. The highest BCUT2D eigenvalue weighted by molar-refractivity contribution is 7.90. The minimum Gasteiger partial charge on any atom is -0.444 e. The van der Waals surface area contributed by atoms with Gasteiger partial charge in [0.05, 0.1) is 4.90 Å². The molecule has 236 valence electrons. The number of fused-ring (bicyclic) bond motifs is 1. The molecule has 1 aromatic rings. The fourth-order valence-electron chi connectivity index (χ4n) is 6.25. The first-order valence-corrected chi connectivity index (χ1v) is 16.0. The molecule has 1 heterocycles. The van der Waals surface area contributed by atoms with Crippen LogP contribution in [0, 0.1) is 28.6 Å². The fraction of sp³-hybridized carbons (Fsp3) is 0.613. The molecule has 4 rings (SSSR count). The standard InChI is InChI=1S/C31H44N4O7S/c1-10-18-16-31(18,26(38)34-43(40,41)19-14-12-11-13-15-19)33-24(36)22-21-20(30(21,8)9)17-35(22)25(37)23(28(2,3)4)32-27(39)42-29(5,6)7/h10-15,18,20-23H,1,16-17H2,2-9H3,(H,32,39)(H,33,36)(H,34,38)/t18?,20?,21-,22-,23+,31+/m0/s1. The summed E-state index contributed by atoms with van der Waals surface area (Å²) >= 11 is 0. The molecule has 0 spiro atoms. The third kappa shape index (κ3) is 6.30. The van der Waals surface area contributed by atoms with Crippen LogP contribution in [0.25, 0.3) is 0 Å². The number of hydrogen-bond acceptors (Lipinski definition) is 7. The maximum Gasteiger partial charge on any atom is 0.408 e. The number of alkyl carbamates (subject to hydrolysis) is 1. The van der Waals surface area contributed by atoms with E-state index in [2.05, 4.69) is 21.9 Å². The van der Waals surface area contributed by atoms with E-state index in [1.54, 1.807) is 39.0 Å². The molecule has 3 fully saturated rings. The molecule has 6 atom stereocenters. The summed E-state index contributed by atoms with van der Waals surface area (Å²) in [6.45, 7) is 18.7. The maximum atomic E-state index is 14.1. The van der Waals surface area contributed by atoms with Crippen molar-refractivity contribution in [3.05, 3.63) is 43.0 Å². The summed E-state index contributed by atoms with van der Waals surface area (Å²) in [4.78, 5) is 55.7. The number of ether oxygens (including phenoxy) is 1. The first-order valence-electron chi connectivity index (χ1n) is 14.5. The van der Waals surface area contributed by atoms with Gasteiger partial charge >= 0.3 is 6.09 Å². The van der Waals surface area contributed by atoms with Crippen molar-refractivity contribution < 1.29 is 32.3 Å². The predicted molar refractivity (Wildman–Crippen MR) is 160 cm³/mol. The van der Waals surface area contributed by atoms with Crippen LogP contribution in [0.2, 0.25) is 0 Å². The van der Waals surface area contributed by atoms with E-state index in [0.717, 1.165) is 0 Å². The van der Waals surface area contributed by atoms with E-state index >= 15 is 0 Å². The number of benzene rings is 1. The van der Waals surface area contributed by atoms with Crippen molar-refractivity contribution in [1.29, 1.82) is 0 Å². The average molecular weight is 617 g/mol. The Bertz CT molecular complexity index is 1430. The molecule has 1 aliphatic heterocycles. The Morgan fingerprint density at radius 3 is 2.19 bits per heavy atom. The summed E-state index contributed by atoms with van der Waals surface area (Å²) in [5.41, 5.74) is -3.23. The minimum atomic E-state index is -4.19. The zero-order valence-electron chi connectivity index (χ0n) is 26.2. The molecule has 12 heteroatoms. The fourth-order valence-corrected chi connectivity index (χ4v) is 7.31. The van der Waals surface area contributed by atoms with Crippen LogP contribution in [-0.2, 0) is 29.1 Å². The summed E-state index contributed by atoms with van der Waals surface area (Å²) in [7, 11) is -4.19. The molecule has 11 nitrogen and oxygen atoms in total. The lowest BCUT2D eigenvalue weighted by Crippen LogP contribution is -2.61. The van der Waals surface area contributed by atoms with Gasteiger partial charge in [-0.15, -0.1) is 6.58 Å². The van der Waals surface area contributed by atoms with Gasteiger partial charge in [0.1, 0.15) is 23.2 Å². The molecule has 0 radical (unpaired) electrons. The summed E-state index contributed by atoms with van der Waals surface area (Å²) in [5.74, 6) is -2.46. The van der Waals surface area contributed by atoms with Gasteiger partial charge in [0, 0.05) is 12.5 Å². The lowest BCUT2D eigenvalue weighted by Gasteiger charge is -2.38. The van der Waals surface area contributed by atoms with E-state index < -0.39 is 68.4 Å². The molecular formula is C31H44N4O7S. The van der Waals surface area contributed by atoms with Crippen molar-refractivity contribution in [1.82, 2.24) is 20.3 Å². The number of rotatable bonds is 8. The second-order valence-corrected chi connectivity index (χ2v) is 16.3. The Kier molecular flexibility index (Phi) is 8.04. The van der Waals surface area contributed by atoms with Gasteiger partial charge in [0.2, 0.25) is 11.8 Å². The zero-order valence-corrected chi connectivity index (χ0v) is 27.0. The molecule has 3 aliphatic rings. The zero-order chi connectivity index (χ0) is 32.3. The van der Waals surface area contributed by atoms with Crippen LogP contribution in [0.4, 0.5) is 4.79 Å². The van der Waals surface area contributed by atoms with Crippen LogP contribution in [0.1, 0.15) is 61.8 Å². The highest BCUT2D eigenvalue weighted by Gasteiger charge is 2.71. The van der Waals surface area contributed by atoms with Crippen molar-refractivity contribution in [3.8, 4) is 0 Å². The molecule has 3 N–H and O–H groups in total. The largest absolute Gasteiger partial charge is 0.444 e. The summed E-state index contributed by atoms with van der Waals surface area (Å²) < 4.78 is 33.4. The first-order chi connectivity index (χ1) is 19.7. The van der Waals surface area contributed by atoms with Crippen LogP contribution in [0.15, 0.2) is 47.9 Å².